The summed E-state index contributed by atoms with van der Waals surface area (Å²) in [4.78, 5) is 11.6. The summed E-state index contributed by atoms with van der Waals surface area (Å²) in [6, 6.07) is 19.2. The van der Waals surface area contributed by atoms with Crippen LogP contribution in [-0.2, 0) is 10.9 Å². The SMILES string of the molecule is CCCCCOc1cc(OCCCCC)c([S+](c2ccccc2)c2c(OCCCCC)cc(OCCCCC)cc2OCCCCC)c(OCCCCC)c1.O=C([O-])O. The van der Waals surface area contributed by atoms with Crippen molar-refractivity contribution < 1.29 is 43.4 Å². The van der Waals surface area contributed by atoms with Crippen LogP contribution >= 0.6 is 0 Å². The van der Waals surface area contributed by atoms with Crippen LogP contribution in [-0.4, -0.2) is 50.9 Å². The van der Waals surface area contributed by atoms with E-state index < -0.39 is 17.1 Å². The van der Waals surface area contributed by atoms with Gasteiger partial charge in [0.2, 0.25) is 6.16 Å². The first-order chi connectivity index (χ1) is 28.8. The van der Waals surface area contributed by atoms with Crippen LogP contribution in [0.3, 0.4) is 0 Å². The average molecular weight is 841 g/mol. The normalized spacial score (nSPS) is 10.8. The molecule has 0 aliphatic carbocycles. The number of carbonyl (C=O) groups is 1. The maximum Gasteiger partial charge on any atom is 0.250 e. The molecule has 0 radical (unpaired) electrons. The highest BCUT2D eigenvalue weighted by Gasteiger charge is 2.42. The van der Waals surface area contributed by atoms with Gasteiger partial charge in [0.15, 0.2) is 27.9 Å². The van der Waals surface area contributed by atoms with Crippen molar-refractivity contribution in [1.82, 2.24) is 0 Å². The van der Waals surface area contributed by atoms with Gasteiger partial charge in [0.1, 0.15) is 22.4 Å². The van der Waals surface area contributed by atoms with E-state index in [-0.39, 0.29) is 0 Å². The smallest absolute Gasteiger partial charge is 0.250 e. The van der Waals surface area contributed by atoms with Gasteiger partial charge in [-0.15, -0.1) is 0 Å². The van der Waals surface area contributed by atoms with Crippen LogP contribution in [0.1, 0.15) is 157 Å². The minimum atomic E-state index is -2.08. The summed E-state index contributed by atoms with van der Waals surface area (Å²) in [6.07, 6.45) is 17.4. The third kappa shape index (κ3) is 20.7. The number of hydrogen-bond donors (Lipinski definition) is 1. The van der Waals surface area contributed by atoms with E-state index in [0.29, 0.717) is 39.6 Å². The standard InChI is InChI=1S/C48H75O6S.CH2O3/c1-7-13-22-30-49-40-36-43(51-32-24-15-9-3)47(44(37-40)52-33-25-16-10-4)55(42-28-20-19-21-29-42)48-45(53-34-26-17-11-5)38-41(50-31-23-14-8-2)39-46(48)54-35-27-18-12-6;2-1(3)4/h19-21,28-29,36-39H,7-18,22-27,30-35H2,1-6H3;(H2,2,3,4)/q+1;/p-1. The summed E-state index contributed by atoms with van der Waals surface area (Å²) < 4.78 is 40.3. The molecular weight excluding hydrogens is 765 g/mol. The lowest BCUT2D eigenvalue weighted by molar-refractivity contribution is -0.275. The number of unbranched alkanes of at least 4 members (excludes halogenated alkanes) is 12. The van der Waals surface area contributed by atoms with Gasteiger partial charge in [-0.3, -0.25) is 0 Å². The van der Waals surface area contributed by atoms with E-state index in [1.165, 1.54) is 0 Å². The Morgan fingerprint density at radius 3 is 0.966 bits per heavy atom. The molecule has 9 nitrogen and oxygen atoms in total. The van der Waals surface area contributed by atoms with Crippen LogP contribution in [0.2, 0.25) is 0 Å². The highest BCUT2D eigenvalue weighted by molar-refractivity contribution is 7.97. The quantitative estimate of drug-likeness (QED) is 0.0472. The number of rotatable bonds is 33. The fourth-order valence-corrected chi connectivity index (χ4v) is 8.60. The molecule has 59 heavy (non-hydrogen) atoms. The van der Waals surface area contributed by atoms with Crippen molar-refractivity contribution in [3.63, 3.8) is 0 Å². The van der Waals surface area contributed by atoms with Crippen molar-refractivity contribution in [2.75, 3.05) is 39.6 Å². The van der Waals surface area contributed by atoms with Crippen molar-refractivity contribution in [2.24, 2.45) is 0 Å². The lowest BCUT2D eigenvalue weighted by Gasteiger charge is -2.22. The first kappa shape index (κ1) is 51.2. The number of hydrogen-bond acceptors (Lipinski definition) is 8. The molecule has 0 aliphatic heterocycles. The molecule has 0 unspecified atom stereocenters. The third-order valence-corrected chi connectivity index (χ3v) is 11.8. The predicted molar refractivity (Wildman–Crippen MR) is 240 cm³/mol. The van der Waals surface area contributed by atoms with Gasteiger partial charge >= 0.3 is 0 Å². The Labute approximate surface area is 359 Å². The van der Waals surface area contributed by atoms with Crippen molar-refractivity contribution in [3.8, 4) is 34.5 Å². The molecule has 0 atom stereocenters. The van der Waals surface area contributed by atoms with Gasteiger partial charge < -0.3 is 43.4 Å². The molecule has 0 saturated carbocycles. The summed E-state index contributed by atoms with van der Waals surface area (Å²) in [5.41, 5.74) is 0. The zero-order valence-corrected chi connectivity index (χ0v) is 38.1. The second-order valence-electron chi connectivity index (χ2n) is 14.7. The van der Waals surface area contributed by atoms with Crippen LogP contribution in [0.5, 0.6) is 34.5 Å². The van der Waals surface area contributed by atoms with Crippen LogP contribution in [0.4, 0.5) is 4.79 Å². The lowest BCUT2D eigenvalue weighted by atomic mass is 10.2. The maximum atomic E-state index is 8.44. The first-order valence-electron chi connectivity index (χ1n) is 22.7. The first-order valence-corrected chi connectivity index (χ1v) is 23.9. The zero-order chi connectivity index (χ0) is 42.9. The van der Waals surface area contributed by atoms with E-state index in [2.05, 4.69) is 96.1 Å². The maximum absolute atomic E-state index is 8.44. The Bertz CT molecular complexity index is 1360. The van der Waals surface area contributed by atoms with Crippen molar-refractivity contribution in [1.29, 1.82) is 0 Å². The predicted octanol–water partition coefficient (Wildman–Crippen LogP) is 13.1. The van der Waals surface area contributed by atoms with Gasteiger partial charge in [-0.1, -0.05) is 137 Å². The lowest BCUT2D eigenvalue weighted by Crippen LogP contribution is -2.17. The number of benzene rings is 3. The molecule has 0 saturated heterocycles. The molecule has 1 N–H and O–H groups in total. The minimum Gasteiger partial charge on any atom is -0.565 e. The van der Waals surface area contributed by atoms with Crippen LogP contribution in [0.25, 0.3) is 0 Å². The Kier molecular flexibility index (Phi) is 28.5. The number of carboxylic acid groups (broad SMARTS) is 2. The van der Waals surface area contributed by atoms with Gasteiger partial charge in [-0.25, -0.2) is 0 Å². The molecule has 0 bridgehead atoms. The molecule has 0 spiro atoms. The molecule has 0 aromatic heterocycles. The Hall–Kier alpha value is -3.92. The fourth-order valence-electron chi connectivity index (χ4n) is 6.22. The highest BCUT2D eigenvalue weighted by atomic mass is 32.2. The number of ether oxygens (including phenoxy) is 6. The van der Waals surface area contributed by atoms with Gasteiger partial charge in [-0.2, -0.15) is 0 Å². The molecular formula is C49H76O9S. The second-order valence-corrected chi connectivity index (χ2v) is 16.6. The summed E-state index contributed by atoms with van der Waals surface area (Å²) in [5.74, 6) is 4.78. The van der Waals surface area contributed by atoms with E-state index in [0.717, 1.165) is 165 Å². The molecule has 3 aromatic rings. The molecule has 332 valence electrons. The molecule has 10 heteroatoms. The zero-order valence-electron chi connectivity index (χ0n) is 37.3. The van der Waals surface area contributed by atoms with Crippen molar-refractivity contribution in [3.05, 3.63) is 54.6 Å². The van der Waals surface area contributed by atoms with Gasteiger partial charge in [0, 0.05) is 24.3 Å². The van der Waals surface area contributed by atoms with Crippen LogP contribution < -0.4 is 33.5 Å². The van der Waals surface area contributed by atoms with Gasteiger partial charge in [-0.05, 0) is 50.7 Å². The van der Waals surface area contributed by atoms with Crippen molar-refractivity contribution >= 4 is 17.1 Å². The second kappa shape index (κ2) is 32.9. The topological polar surface area (TPSA) is 116 Å². The minimum absolute atomic E-state index is 0.618. The fraction of sp³-hybridized carbons (Fsp3) is 0.612. The van der Waals surface area contributed by atoms with E-state index in [1.807, 2.05) is 0 Å². The third-order valence-electron chi connectivity index (χ3n) is 9.43. The molecule has 0 fully saturated rings. The Morgan fingerprint density at radius 2 is 0.712 bits per heavy atom. The highest BCUT2D eigenvalue weighted by Crippen LogP contribution is 2.51. The van der Waals surface area contributed by atoms with Crippen molar-refractivity contribution in [2.45, 2.75) is 172 Å². The molecule has 0 heterocycles. The summed E-state index contributed by atoms with van der Waals surface area (Å²) >= 11 is 0. The average Bonchev–Trinajstić information content (AvgIpc) is 3.23. The summed E-state index contributed by atoms with van der Waals surface area (Å²) in [5, 5.41) is 15.3. The van der Waals surface area contributed by atoms with Gasteiger partial charge in [0.05, 0.1) is 39.6 Å². The molecule has 0 amide bonds. The molecule has 0 aliphatic rings. The Morgan fingerprint density at radius 1 is 0.458 bits per heavy atom. The van der Waals surface area contributed by atoms with Crippen LogP contribution in [0, 0.1) is 0 Å². The molecule has 3 rings (SSSR count). The molecule has 3 aromatic carbocycles. The van der Waals surface area contributed by atoms with E-state index in [4.69, 9.17) is 43.4 Å². The van der Waals surface area contributed by atoms with Gasteiger partial charge in [0.25, 0.3) is 9.79 Å². The monoisotopic (exact) mass is 841 g/mol. The van der Waals surface area contributed by atoms with Crippen LogP contribution in [0.15, 0.2) is 69.3 Å². The largest absolute Gasteiger partial charge is 0.565 e. The van der Waals surface area contributed by atoms with E-state index in [1.54, 1.807) is 0 Å². The summed E-state index contributed by atoms with van der Waals surface area (Å²) in [7, 11) is -0.735. The Balaban J connectivity index is 0.00000286. The summed E-state index contributed by atoms with van der Waals surface area (Å²) in [6.45, 7) is 17.1. The van der Waals surface area contributed by atoms with E-state index in [9.17, 15) is 0 Å². The van der Waals surface area contributed by atoms with E-state index >= 15 is 0 Å².